The minimum absolute atomic E-state index is 0.195. The fourth-order valence-corrected chi connectivity index (χ4v) is 1.67. The monoisotopic (exact) mass is 237 g/mol. The molecule has 0 unspecified atom stereocenters. The van der Waals surface area contributed by atoms with Crippen LogP contribution in [0.4, 0.5) is 0 Å². The van der Waals surface area contributed by atoms with Crippen molar-refractivity contribution in [1.82, 2.24) is 4.90 Å². The number of hydrogen-bond acceptors (Lipinski definition) is 1. The molecule has 0 aliphatic rings. The first-order valence-corrected chi connectivity index (χ1v) is 6.79. The van der Waals surface area contributed by atoms with Gasteiger partial charge in [0.1, 0.15) is 0 Å². The van der Waals surface area contributed by atoms with Gasteiger partial charge in [-0.2, -0.15) is 0 Å². The fraction of sp³-hybridized carbons (Fsp3) is 0.667. The largest absolute Gasteiger partial charge is 0.335 e. The van der Waals surface area contributed by atoms with Crippen molar-refractivity contribution in [3.63, 3.8) is 0 Å². The van der Waals surface area contributed by atoms with Gasteiger partial charge in [-0.05, 0) is 12.8 Å². The molecule has 0 aromatic rings. The van der Waals surface area contributed by atoms with E-state index in [0.29, 0.717) is 19.5 Å². The summed E-state index contributed by atoms with van der Waals surface area (Å²) < 4.78 is 0. The number of unbranched alkanes of at least 4 members (excludes halogenated alkanes) is 4. The highest BCUT2D eigenvalue weighted by Gasteiger charge is 2.06. The zero-order valence-electron chi connectivity index (χ0n) is 11.5. The lowest BCUT2D eigenvalue weighted by atomic mass is 10.1. The van der Waals surface area contributed by atoms with E-state index < -0.39 is 0 Å². The van der Waals surface area contributed by atoms with Gasteiger partial charge in [0.2, 0.25) is 5.91 Å². The van der Waals surface area contributed by atoms with Crippen molar-refractivity contribution < 1.29 is 4.79 Å². The number of carbonyl (C=O) groups is 1. The molecule has 17 heavy (non-hydrogen) atoms. The maximum absolute atomic E-state index is 11.6. The predicted molar refractivity (Wildman–Crippen MR) is 75.0 cm³/mol. The molecule has 0 aliphatic carbocycles. The number of rotatable bonds is 10. The summed E-state index contributed by atoms with van der Waals surface area (Å²) in [5.74, 6) is 0.195. The van der Waals surface area contributed by atoms with E-state index in [4.69, 9.17) is 0 Å². The minimum Gasteiger partial charge on any atom is -0.335 e. The van der Waals surface area contributed by atoms with E-state index in [1.54, 1.807) is 6.08 Å². The first kappa shape index (κ1) is 16.0. The number of nitrogens with zero attached hydrogens (tertiary/aromatic N) is 1. The lowest BCUT2D eigenvalue weighted by molar-refractivity contribution is -0.129. The van der Waals surface area contributed by atoms with Crippen LogP contribution in [0.5, 0.6) is 0 Å². The molecule has 0 saturated heterocycles. The average molecular weight is 237 g/mol. The van der Waals surface area contributed by atoms with Gasteiger partial charge in [-0.1, -0.05) is 51.3 Å². The Balaban J connectivity index is 3.75. The predicted octanol–water partition coefficient (Wildman–Crippen LogP) is 3.94. The number of allylic oxidation sites excluding steroid dienone is 1. The summed E-state index contributed by atoms with van der Waals surface area (Å²) in [7, 11) is 0. The van der Waals surface area contributed by atoms with Crippen molar-refractivity contribution in [1.29, 1.82) is 0 Å². The van der Waals surface area contributed by atoms with Crippen molar-refractivity contribution in [3.8, 4) is 0 Å². The lowest BCUT2D eigenvalue weighted by Gasteiger charge is -2.18. The van der Waals surface area contributed by atoms with Gasteiger partial charge in [0.25, 0.3) is 0 Å². The maximum Gasteiger partial charge on any atom is 0.222 e. The van der Waals surface area contributed by atoms with Crippen LogP contribution in [0.3, 0.4) is 0 Å². The molecule has 0 aliphatic heterocycles. The van der Waals surface area contributed by atoms with Gasteiger partial charge in [0.15, 0.2) is 0 Å². The number of carbonyl (C=O) groups excluding carboxylic acids is 1. The van der Waals surface area contributed by atoms with Gasteiger partial charge in [-0.3, -0.25) is 4.79 Å². The van der Waals surface area contributed by atoms with Crippen LogP contribution in [0.1, 0.15) is 52.4 Å². The zero-order valence-corrected chi connectivity index (χ0v) is 11.5. The molecule has 2 heteroatoms. The summed E-state index contributed by atoms with van der Waals surface area (Å²) in [4.78, 5) is 13.4. The molecule has 0 rings (SSSR count). The molecule has 0 heterocycles. The molecule has 0 saturated carbocycles. The molecule has 98 valence electrons. The Morgan fingerprint density at radius 2 is 1.88 bits per heavy atom. The lowest BCUT2D eigenvalue weighted by Crippen LogP contribution is -2.30. The molecule has 1 amide bonds. The minimum atomic E-state index is 0.195. The van der Waals surface area contributed by atoms with Gasteiger partial charge in [-0.15, -0.1) is 6.58 Å². The Kier molecular flexibility index (Phi) is 10.7. The Labute approximate surface area is 106 Å². The molecule has 0 spiro atoms. The summed E-state index contributed by atoms with van der Waals surface area (Å²) in [6.45, 7) is 9.16. The topological polar surface area (TPSA) is 20.3 Å². The Morgan fingerprint density at radius 3 is 2.47 bits per heavy atom. The highest BCUT2D eigenvalue weighted by molar-refractivity contribution is 5.76. The van der Waals surface area contributed by atoms with Crippen LogP contribution in [-0.4, -0.2) is 23.9 Å². The van der Waals surface area contributed by atoms with E-state index in [0.717, 1.165) is 6.42 Å². The van der Waals surface area contributed by atoms with Crippen LogP contribution in [0.15, 0.2) is 24.8 Å². The first-order chi connectivity index (χ1) is 8.26. The van der Waals surface area contributed by atoms with E-state index >= 15 is 0 Å². The van der Waals surface area contributed by atoms with Crippen LogP contribution in [0, 0.1) is 0 Å². The molecule has 0 N–H and O–H groups in total. The third-order valence-corrected chi connectivity index (χ3v) is 2.72. The second-order valence-corrected chi connectivity index (χ2v) is 4.26. The van der Waals surface area contributed by atoms with Crippen molar-refractivity contribution in [3.05, 3.63) is 24.8 Å². The van der Waals surface area contributed by atoms with Gasteiger partial charge in [0.05, 0.1) is 0 Å². The van der Waals surface area contributed by atoms with Crippen LogP contribution in [0.25, 0.3) is 0 Å². The molecule has 0 bridgehead atoms. The second kappa shape index (κ2) is 11.4. The first-order valence-electron chi connectivity index (χ1n) is 6.79. The quantitative estimate of drug-likeness (QED) is 0.416. The molecule has 0 aromatic heterocycles. The summed E-state index contributed by atoms with van der Waals surface area (Å²) >= 11 is 0. The van der Waals surface area contributed by atoms with Crippen molar-refractivity contribution >= 4 is 5.91 Å². The van der Waals surface area contributed by atoms with Crippen LogP contribution in [0.2, 0.25) is 0 Å². The summed E-state index contributed by atoms with van der Waals surface area (Å²) in [6.07, 6.45) is 12.9. The van der Waals surface area contributed by atoms with Crippen LogP contribution < -0.4 is 0 Å². The number of amides is 1. The Bertz CT molecular complexity index is 233. The van der Waals surface area contributed by atoms with E-state index in [-0.39, 0.29) is 5.91 Å². The highest BCUT2D eigenvalue weighted by Crippen LogP contribution is 2.03. The third-order valence-electron chi connectivity index (χ3n) is 2.72. The normalized spacial score (nSPS) is 10.7. The smallest absolute Gasteiger partial charge is 0.222 e. The Hall–Kier alpha value is -1.05. The van der Waals surface area contributed by atoms with Crippen LogP contribution >= 0.6 is 0 Å². The molecule has 0 aromatic carbocycles. The van der Waals surface area contributed by atoms with Gasteiger partial charge in [-0.25, -0.2) is 0 Å². The molecule has 0 radical (unpaired) electrons. The van der Waals surface area contributed by atoms with Gasteiger partial charge < -0.3 is 4.90 Å². The number of hydrogen-bond donors (Lipinski definition) is 0. The standard InChI is InChI=1S/C15H27NO/c1-4-7-8-9-10-11-12-14-16(13-5-2)15(17)6-3/h5,11-12H,2,4,6-10,13-14H2,1,3H3/b12-11+. The van der Waals surface area contributed by atoms with Crippen molar-refractivity contribution in [2.75, 3.05) is 13.1 Å². The van der Waals surface area contributed by atoms with Gasteiger partial charge in [0, 0.05) is 19.5 Å². The highest BCUT2D eigenvalue weighted by atomic mass is 16.2. The summed E-state index contributed by atoms with van der Waals surface area (Å²) in [5.41, 5.74) is 0. The van der Waals surface area contributed by atoms with Crippen molar-refractivity contribution in [2.24, 2.45) is 0 Å². The molecule has 0 fully saturated rings. The van der Waals surface area contributed by atoms with E-state index in [1.165, 1.54) is 25.7 Å². The average Bonchev–Trinajstić information content (AvgIpc) is 2.35. The fourth-order valence-electron chi connectivity index (χ4n) is 1.67. The summed E-state index contributed by atoms with van der Waals surface area (Å²) in [5, 5.41) is 0. The molecule has 2 nitrogen and oxygen atoms in total. The summed E-state index contributed by atoms with van der Waals surface area (Å²) in [6, 6.07) is 0. The third kappa shape index (κ3) is 8.73. The van der Waals surface area contributed by atoms with E-state index in [9.17, 15) is 4.79 Å². The maximum atomic E-state index is 11.6. The SMILES string of the molecule is C=CCN(C/C=C/CCCCCC)C(=O)CC. The molecule has 0 atom stereocenters. The Morgan fingerprint density at radius 1 is 1.12 bits per heavy atom. The van der Waals surface area contributed by atoms with Gasteiger partial charge >= 0.3 is 0 Å². The van der Waals surface area contributed by atoms with E-state index in [1.807, 2.05) is 11.8 Å². The van der Waals surface area contributed by atoms with E-state index in [2.05, 4.69) is 25.7 Å². The van der Waals surface area contributed by atoms with Crippen molar-refractivity contribution in [2.45, 2.75) is 52.4 Å². The van der Waals surface area contributed by atoms with Crippen LogP contribution in [-0.2, 0) is 4.79 Å². The second-order valence-electron chi connectivity index (χ2n) is 4.26. The molecular formula is C15H27NO. The zero-order chi connectivity index (χ0) is 12.9. The molecular weight excluding hydrogens is 210 g/mol.